The van der Waals surface area contributed by atoms with E-state index in [1.54, 1.807) is 35.1 Å². The third kappa shape index (κ3) is 3.56. The number of aliphatic hydroxyl groups excluding tert-OH is 2. The summed E-state index contributed by atoms with van der Waals surface area (Å²) in [6, 6.07) is 15.7. The second kappa shape index (κ2) is 7.77. The Morgan fingerprint density at radius 2 is 1.81 bits per heavy atom. The number of benzene rings is 2. The van der Waals surface area contributed by atoms with Crippen LogP contribution in [0.4, 0.5) is 15.9 Å². The van der Waals surface area contributed by atoms with Crippen molar-refractivity contribution in [3.05, 3.63) is 66.0 Å². The van der Waals surface area contributed by atoms with Gasteiger partial charge in [0.05, 0.1) is 24.0 Å². The summed E-state index contributed by atoms with van der Waals surface area (Å²) in [5, 5.41) is 27.1. The topological polar surface area (TPSA) is 95.1 Å². The van der Waals surface area contributed by atoms with Gasteiger partial charge >= 0.3 is 0 Å². The van der Waals surface area contributed by atoms with Gasteiger partial charge in [-0.25, -0.2) is 14.1 Å². The highest BCUT2D eigenvalue weighted by atomic mass is 19.1. The summed E-state index contributed by atoms with van der Waals surface area (Å²) in [5.74, 6) is 0.251. The van der Waals surface area contributed by atoms with E-state index in [0.717, 1.165) is 16.8 Å². The number of hydrogen-bond donors (Lipinski definition) is 3. The number of hydrazine groups is 1. The number of hydrogen-bond acceptors (Lipinski definition) is 7. The number of rotatable bonds is 4. The minimum Gasteiger partial charge on any atom is -0.388 e. The molecule has 4 atom stereocenters. The van der Waals surface area contributed by atoms with Gasteiger partial charge < -0.3 is 14.9 Å². The number of aromatic nitrogens is 2. The van der Waals surface area contributed by atoms with Gasteiger partial charge in [-0.15, -0.1) is 0 Å². The lowest BCUT2D eigenvalue weighted by Crippen LogP contribution is -2.32. The lowest BCUT2D eigenvalue weighted by atomic mass is 10.1. The summed E-state index contributed by atoms with van der Waals surface area (Å²) in [4.78, 5) is 4.56. The summed E-state index contributed by atoms with van der Waals surface area (Å²) in [6.07, 6.45) is -1.88. The van der Waals surface area contributed by atoms with Crippen LogP contribution in [0.5, 0.6) is 0 Å². The standard InChI is InChI=1S/C22H22FN5O3/c1-13-19(29)20(30)22(31-13)28-21-17(18(26-28)14-5-3-2-4-6-14)11-27(12-24-21)25-16-9-7-15(23)8-10-16/h2-10,12-13,19-20,22,25,29-30H,11H2,1H3/t13-,19-,20-,22-/m1/s1. The molecule has 8 nitrogen and oxygen atoms in total. The molecule has 0 spiro atoms. The van der Waals surface area contributed by atoms with Crippen molar-refractivity contribution in [3.63, 3.8) is 0 Å². The summed E-state index contributed by atoms with van der Waals surface area (Å²) < 4.78 is 20.5. The summed E-state index contributed by atoms with van der Waals surface area (Å²) in [6.45, 7) is 2.14. The molecule has 1 fully saturated rings. The third-order valence-corrected chi connectivity index (χ3v) is 5.51. The van der Waals surface area contributed by atoms with Crippen molar-refractivity contribution < 1.29 is 19.3 Å². The number of nitrogens with zero attached hydrogens (tertiary/aromatic N) is 4. The van der Waals surface area contributed by atoms with E-state index in [9.17, 15) is 14.6 Å². The Morgan fingerprint density at radius 1 is 1.06 bits per heavy atom. The molecule has 0 unspecified atom stereocenters. The smallest absolute Gasteiger partial charge is 0.181 e. The first-order chi connectivity index (χ1) is 15.0. The Kier molecular flexibility index (Phi) is 4.93. The quantitative estimate of drug-likeness (QED) is 0.597. The average molecular weight is 423 g/mol. The molecule has 2 aliphatic heterocycles. The fourth-order valence-electron chi connectivity index (χ4n) is 3.87. The maximum atomic E-state index is 13.2. The molecule has 9 heteroatoms. The molecule has 31 heavy (non-hydrogen) atoms. The van der Waals surface area contributed by atoms with Gasteiger partial charge in [0.1, 0.15) is 24.4 Å². The molecule has 0 aliphatic carbocycles. The van der Waals surface area contributed by atoms with Gasteiger partial charge in [0.2, 0.25) is 0 Å². The highest BCUT2D eigenvalue weighted by Gasteiger charge is 2.43. The Balaban J connectivity index is 1.52. The van der Waals surface area contributed by atoms with E-state index in [-0.39, 0.29) is 5.82 Å². The molecule has 0 bridgehead atoms. The molecule has 3 heterocycles. The van der Waals surface area contributed by atoms with E-state index in [1.165, 1.54) is 12.1 Å². The predicted octanol–water partition coefficient (Wildman–Crippen LogP) is 2.83. The Hall–Kier alpha value is -3.27. The van der Waals surface area contributed by atoms with Crippen LogP contribution in [-0.4, -0.2) is 49.7 Å². The number of fused-ring (bicyclic) bond motifs is 1. The molecular formula is C22H22FN5O3. The predicted molar refractivity (Wildman–Crippen MR) is 113 cm³/mol. The molecule has 0 saturated carbocycles. The van der Waals surface area contributed by atoms with Gasteiger partial charge in [0.15, 0.2) is 12.0 Å². The zero-order valence-electron chi connectivity index (χ0n) is 16.8. The molecule has 0 radical (unpaired) electrons. The molecule has 1 saturated heterocycles. The van der Waals surface area contributed by atoms with Crippen LogP contribution in [0, 0.1) is 5.82 Å². The van der Waals surface area contributed by atoms with Crippen LogP contribution in [0.1, 0.15) is 18.7 Å². The van der Waals surface area contributed by atoms with Gasteiger partial charge in [0.25, 0.3) is 0 Å². The Morgan fingerprint density at radius 3 is 2.48 bits per heavy atom. The van der Waals surface area contributed by atoms with Crippen LogP contribution in [0.3, 0.4) is 0 Å². The largest absolute Gasteiger partial charge is 0.388 e. The van der Waals surface area contributed by atoms with Crippen molar-refractivity contribution in [1.29, 1.82) is 0 Å². The van der Waals surface area contributed by atoms with Gasteiger partial charge in [-0.1, -0.05) is 30.3 Å². The van der Waals surface area contributed by atoms with Gasteiger partial charge in [-0.2, -0.15) is 5.10 Å². The van der Waals surface area contributed by atoms with Crippen LogP contribution in [0.15, 0.2) is 59.6 Å². The molecule has 3 aromatic rings. The first-order valence-electron chi connectivity index (χ1n) is 10.0. The summed E-state index contributed by atoms with van der Waals surface area (Å²) in [7, 11) is 0. The number of anilines is 1. The maximum Gasteiger partial charge on any atom is 0.181 e. The molecule has 5 rings (SSSR count). The third-order valence-electron chi connectivity index (χ3n) is 5.51. The summed E-state index contributed by atoms with van der Waals surface area (Å²) in [5.41, 5.74) is 6.36. The van der Waals surface area contributed by atoms with Crippen LogP contribution < -0.4 is 5.43 Å². The SMILES string of the molecule is C[C@H]1O[C@@H](n2nc(-c3ccccc3)c3c2N=CN(Nc2ccc(F)cc2)C3)[C@H](O)[C@@H]1O. The van der Waals surface area contributed by atoms with Crippen LogP contribution in [-0.2, 0) is 11.3 Å². The fourth-order valence-corrected chi connectivity index (χ4v) is 3.87. The number of nitrogens with one attached hydrogen (secondary N) is 1. The van der Waals surface area contributed by atoms with Gasteiger partial charge in [-0.3, -0.25) is 10.4 Å². The van der Waals surface area contributed by atoms with Gasteiger partial charge in [-0.05, 0) is 31.2 Å². The van der Waals surface area contributed by atoms with Crippen LogP contribution in [0.25, 0.3) is 11.3 Å². The number of ether oxygens (including phenoxy) is 1. The minimum absolute atomic E-state index is 0.306. The molecule has 2 aromatic carbocycles. The number of halogens is 1. The van der Waals surface area contributed by atoms with Gasteiger partial charge in [0, 0.05) is 11.1 Å². The molecular weight excluding hydrogens is 401 g/mol. The molecule has 160 valence electrons. The van der Waals surface area contributed by atoms with E-state index >= 15 is 0 Å². The first kappa shape index (κ1) is 19.7. The second-order valence-corrected chi connectivity index (χ2v) is 7.67. The van der Waals surface area contributed by atoms with Crippen molar-refractivity contribution in [2.24, 2.45) is 4.99 Å². The zero-order chi connectivity index (χ0) is 21.5. The normalized spacial score (nSPS) is 25.0. The minimum atomic E-state index is -1.12. The molecule has 2 aliphatic rings. The van der Waals surface area contributed by atoms with Crippen molar-refractivity contribution in [1.82, 2.24) is 14.8 Å². The van der Waals surface area contributed by atoms with E-state index < -0.39 is 24.5 Å². The van der Waals surface area contributed by atoms with Crippen molar-refractivity contribution in [3.8, 4) is 11.3 Å². The number of aliphatic imine (C=N–C) groups is 1. The summed E-state index contributed by atoms with van der Waals surface area (Å²) >= 11 is 0. The van der Waals surface area contributed by atoms with Crippen molar-refractivity contribution in [2.45, 2.75) is 38.0 Å². The van der Waals surface area contributed by atoms with Crippen molar-refractivity contribution >= 4 is 17.8 Å². The van der Waals surface area contributed by atoms with Crippen LogP contribution >= 0.6 is 0 Å². The average Bonchev–Trinajstić information content (AvgIpc) is 3.28. The fraction of sp³-hybridized carbons (Fsp3) is 0.273. The lowest BCUT2D eigenvalue weighted by molar-refractivity contribution is -0.0384. The van der Waals surface area contributed by atoms with Crippen LogP contribution in [0.2, 0.25) is 0 Å². The Bertz CT molecular complexity index is 1100. The van der Waals surface area contributed by atoms with E-state index in [1.807, 2.05) is 30.3 Å². The molecule has 1 aromatic heterocycles. The monoisotopic (exact) mass is 423 g/mol. The lowest BCUT2D eigenvalue weighted by Gasteiger charge is -2.25. The highest BCUT2D eigenvalue weighted by Crippen LogP contribution is 2.39. The molecule has 0 amide bonds. The van der Waals surface area contributed by atoms with E-state index in [2.05, 4.69) is 10.4 Å². The zero-order valence-corrected chi connectivity index (χ0v) is 16.8. The Labute approximate surface area is 178 Å². The van der Waals surface area contributed by atoms with Crippen molar-refractivity contribution in [2.75, 3.05) is 5.43 Å². The number of aliphatic hydroxyl groups is 2. The maximum absolute atomic E-state index is 13.2. The van der Waals surface area contributed by atoms with E-state index in [4.69, 9.17) is 9.84 Å². The highest BCUT2D eigenvalue weighted by molar-refractivity contribution is 5.74. The van der Waals surface area contributed by atoms with E-state index in [0.29, 0.717) is 18.1 Å². The first-order valence-corrected chi connectivity index (χ1v) is 10.0. The molecule has 3 N–H and O–H groups in total. The second-order valence-electron chi connectivity index (χ2n) is 7.67.